The third-order valence-electron chi connectivity index (χ3n) is 2.13. The van der Waals surface area contributed by atoms with Crippen LogP contribution >= 0.6 is 23.2 Å². The third kappa shape index (κ3) is 3.80. The SMILES string of the molecule is CC(O)CNS(=O)(=O)c1ccc(Cl)c(C(=O)O)c1Cl. The fourth-order valence-electron chi connectivity index (χ4n) is 1.25. The van der Waals surface area contributed by atoms with Gasteiger partial charge in [-0.15, -0.1) is 0 Å². The van der Waals surface area contributed by atoms with Gasteiger partial charge in [-0.2, -0.15) is 0 Å². The molecule has 9 heteroatoms. The molecule has 106 valence electrons. The predicted molar refractivity (Wildman–Crippen MR) is 70.3 cm³/mol. The zero-order valence-corrected chi connectivity index (χ0v) is 12.1. The molecule has 3 N–H and O–H groups in total. The molecule has 1 aromatic carbocycles. The van der Waals surface area contributed by atoms with E-state index < -0.39 is 37.6 Å². The molecule has 0 aliphatic rings. The van der Waals surface area contributed by atoms with E-state index >= 15 is 0 Å². The number of aromatic carboxylic acids is 1. The van der Waals surface area contributed by atoms with Crippen LogP contribution in [0.15, 0.2) is 17.0 Å². The van der Waals surface area contributed by atoms with Gasteiger partial charge < -0.3 is 10.2 Å². The second-order valence-corrected chi connectivity index (χ2v) is 6.26. The molecular formula is C10H11Cl2NO5S. The second-order valence-electron chi connectivity index (χ2n) is 3.74. The summed E-state index contributed by atoms with van der Waals surface area (Å²) in [7, 11) is -4.02. The van der Waals surface area contributed by atoms with E-state index in [0.29, 0.717) is 0 Å². The van der Waals surface area contributed by atoms with Gasteiger partial charge in [-0.25, -0.2) is 17.9 Å². The quantitative estimate of drug-likeness (QED) is 0.757. The van der Waals surface area contributed by atoms with Crippen LogP contribution in [0.1, 0.15) is 17.3 Å². The minimum absolute atomic E-state index is 0.160. The van der Waals surface area contributed by atoms with Gasteiger partial charge in [0.05, 0.1) is 21.7 Å². The summed E-state index contributed by atoms with van der Waals surface area (Å²) < 4.78 is 25.9. The molecule has 19 heavy (non-hydrogen) atoms. The molecule has 0 fully saturated rings. The highest BCUT2D eigenvalue weighted by molar-refractivity contribution is 7.89. The lowest BCUT2D eigenvalue weighted by atomic mass is 10.2. The van der Waals surface area contributed by atoms with Gasteiger partial charge in [0.25, 0.3) is 0 Å². The average Bonchev–Trinajstić information content (AvgIpc) is 2.25. The van der Waals surface area contributed by atoms with Gasteiger partial charge in [0.2, 0.25) is 10.0 Å². The number of carboxylic acids is 1. The summed E-state index contributed by atoms with van der Waals surface area (Å²) >= 11 is 11.4. The molecule has 0 aromatic heterocycles. The summed E-state index contributed by atoms with van der Waals surface area (Å²) in [5.41, 5.74) is -0.483. The van der Waals surface area contributed by atoms with Gasteiger partial charge in [-0.3, -0.25) is 0 Å². The van der Waals surface area contributed by atoms with Gasteiger partial charge in [0.1, 0.15) is 4.90 Å². The Kier molecular flexibility index (Phi) is 5.17. The molecule has 1 rings (SSSR count). The molecule has 0 spiro atoms. The summed E-state index contributed by atoms with van der Waals surface area (Å²) in [6, 6.07) is 2.23. The highest BCUT2D eigenvalue weighted by atomic mass is 35.5. The van der Waals surface area contributed by atoms with Gasteiger partial charge >= 0.3 is 5.97 Å². The van der Waals surface area contributed by atoms with Gasteiger partial charge in [-0.1, -0.05) is 23.2 Å². The minimum atomic E-state index is -4.02. The van der Waals surface area contributed by atoms with E-state index in [2.05, 4.69) is 4.72 Å². The minimum Gasteiger partial charge on any atom is -0.478 e. The molecule has 1 aromatic rings. The molecular weight excluding hydrogens is 317 g/mol. The Hall–Kier alpha value is -0.860. The van der Waals surface area contributed by atoms with Crippen molar-refractivity contribution in [2.24, 2.45) is 0 Å². The first-order chi connectivity index (χ1) is 8.66. The maximum absolute atomic E-state index is 11.9. The maximum atomic E-state index is 11.9. The Balaban J connectivity index is 3.29. The van der Waals surface area contributed by atoms with Crippen LogP contribution in [0.2, 0.25) is 10.0 Å². The Morgan fingerprint density at radius 1 is 1.42 bits per heavy atom. The molecule has 1 atom stereocenters. The Labute approximate surface area is 120 Å². The fraction of sp³-hybridized carbons (Fsp3) is 0.300. The first-order valence-corrected chi connectivity index (χ1v) is 7.29. The summed E-state index contributed by atoms with van der Waals surface area (Å²) in [5.74, 6) is -1.43. The standard InChI is InChI=1S/C10H11Cl2NO5S/c1-5(14)4-13-19(17,18)7-3-2-6(11)8(9(7)12)10(15)16/h2-3,5,13-14H,4H2,1H3,(H,15,16). The van der Waals surface area contributed by atoms with Crippen molar-refractivity contribution in [1.82, 2.24) is 4.72 Å². The van der Waals surface area contributed by atoms with Crippen molar-refractivity contribution < 1.29 is 23.4 Å². The van der Waals surface area contributed by atoms with E-state index in [1.165, 1.54) is 6.92 Å². The van der Waals surface area contributed by atoms with E-state index in [-0.39, 0.29) is 11.6 Å². The van der Waals surface area contributed by atoms with Crippen molar-refractivity contribution in [1.29, 1.82) is 0 Å². The highest BCUT2D eigenvalue weighted by Gasteiger charge is 2.24. The van der Waals surface area contributed by atoms with Crippen molar-refractivity contribution in [3.8, 4) is 0 Å². The molecule has 0 bridgehead atoms. The van der Waals surface area contributed by atoms with Crippen LogP contribution in [0.25, 0.3) is 0 Å². The summed E-state index contributed by atoms with van der Waals surface area (Å²) in [4.78, 5) is 10.6. The van der Waals surface area contributed by atoms with Crippen LogP contribution in [-0.4, -0.2) is 37.2 Å². The molecule has 0 heterocycles. The van der Waals surface area contributed by atoms with Crippen molar-refractivity contribution in [2.75, 3.05) is 6.54 Å². The monoisotopic (exact) mass is 327 g/mol. The lowest BCUT2D eigenvalue weighted by Crippen LogP contribution is -2.31. The zero-order chi connectivity index (χ0) is 14.8. The van der Waals surface area contributed by atoms with Crippen LogP contribution in [0.3, 0.4) is 0 Å². The molecule has 0 saturated heterocycles. The van der Waals surface area contributed by atoms with Crippen molar-refractivity contribution in [3.63, 3.8) is 0 Å². The predicted octanol–water partition coefficient (Wildman–Crippen LogP) is 1.35. The van der Waals surface area contributed by atoms with Crippen LogP contribution in [0, 0.1) is 0 Å². The number of aliphatic hydroxyl groups excluding tert-OH is 1. The van der Waals surface area contributed by atoms with Crippen molar-refractivity contribution in [3.05, 3.63) is 27.7 Å². The van der Waals surface area contributed by atoms with E-state index in [1.54, 1.807) is 0 Å². The summed E-state index contributed by atoms with van der Waals surface area (Å²) in [6.45, 7) is 1.18. The van der Waals surface area contributed by atoms with E-state index in [4.69, 9.17) is 33.4 Å². The topological polar surface area (TPSA) is 104 Å². The van der Waals surface area contributed by atoms with Crippen LogP contribution in [-0.2, 0) is 10.0 Å². The molecule has 1 unspecified atom stereocenters. The van der Waals surface area contributed by atoms with Crippen molar-refractivity contribution >= 4 is 39.2 Å². The number of hydrogen-bond donors (Lipinski definition) is 3. The number of rotatable bonds is 5. The smallest absolute Gasteiger partial charge is 0.338 e. The zero-order valence-electron chi connectivity index (χ0n) is 9.72. The number of carbonyl (C=O) groups is 1. The molecule has 0 aliphatic heterocycles. The second kappa shape index (κ2) is 6.06. The summed E-state index contributed by atoms with van der Waals surface area (Å²) in [5, 5.41) is 17.3. The third-order valence-corrected chi connectivity index (χ3v) is 4.41. The summed E-state index contributed by atoms with van der Waals surface area (Å²) in [6.07, 6.45) is -0.889. The van der Waals surface area contributed by atoms with Gasteiger partial charge in [0.15, 0.2) is 0 Å². The van der Waals surface area contributed by atoms with E-state index in [1.807, 2.05) is 0 Å². The Bertz CT molecular complexity index is 600. The molecule has 0 amide bonds. The van der Waals surface area contributed by atoms with E-state index in [9.17, 15) is 13.2 Å². The number of nitrogens with one attached hydrogen (secondary N) is 1. The van der Waals surface area contributed by atoms with Gasteiger partial charge in [-0.05, 0) is 19.1 Å². The van der Waals surface area contributed by atoms with Crippen LogP contribution in [0.4, 0.5) is 0 Å². The average molecular weight is 328 g/mol. The number of hydrogen-bond acceptors (Lipinski definition) is 4. The maximum Gasteiger partial charge on any atom is 0.338 e. The molecule has 6 nitrogen and oxygen atoms in total. The van der Waals surface area contributed by atoms with Crippen LogP contribution in [0.5, 0.6) is 0 Å². The lowest BCUT2D eigenvalue weighted by Gasteiger charge is -2.11. The number of carboxylic acid groups (broad SMARTS) is 1. The number of sulfonamides is 1. The normalized spacial score (nSPS) is 13.3. The van der Waals surface area contributed by atoms with Crippen LogP contribution < -0.4 is 4.72 Å². The Morgan fingerprint density at radius 3 is 2.47 bits per heavy atom. The molecule has 0 saturated carbocycles. The fourth-order valence-corrected chi connectivity index (χ4v) is 3.28. The van der Waals surface area contributed by atoms with E-state index in [0.717, 1.165) is 12.1 Å². The molecule has 0 aliphatic carbocycles. The number of aliphatic hydroxyl groups is 1. The van der Waals surface area contributed by atoms with Crippen molar-refractivity contribution in [2.45, 2.75) is 17.9 Å². The first kappa shape index (κ1) is 16.2. The molecule has 0 radical (unpaired) electrons. The number of benzene rings is 1. The highest BCUT2D eigenvalue weighted by Crippen LogP contribution is 2.30. The number of halogens is 2. The largest absolute Gasteiger partial charge is 0.478 e. The van der Waals surface area contributed by atoms with Gasteiger partial charge in [0, 0.05) is 6.54 Å². The Morgan fingerprint density at radius 2 is 2.00 bits per heavy atom. The first-order valence-electron chi connectivity index (χ1n) is 5.06. The lowest BCUT2D eigenvalue weighted by molar-refractivity contribution is 0.0697.